The van der Waals surface area contributed by atoms with Crippen LogP contribution in [-0.2, 0) is 4.74 Å². The van der Waals surface area contributed by atoms with Gasteiger partial charge in [0.2, 0.25) is 5.95 Å². The van der Waals surface area contributed by atoms with Crippen molar-refractivity contribution in [2.24, 2.45) is 0 Å². The molecule has 0 aliphatic heterocycles. The van der Waals surface area contributed by atoms with E-state index in [0.717, 1.165) is 12.2 Å². The molecule has 0 fully saturated rings. The monoisotopic (exact) mass is 224 g/mol. The van der Waals surface area contributed by atoms with Crippen molar-refractivity contribution in [3.63, 3.8) is 0 Å². The van der Waals surface area contributed by atoms with E-state index in [-0.39, 0.29) is 18.0 Å². The van der Waals surface area contributed by atoms with E-state index in [9.17, 15) is 0 Å². The second-order valence-corrected chi connectivity index (χ2v) is 3.92. The molecule has 2 N–H and O–H groups in total. The van der Waals surface area contributed by atoms with E-state index in [1.54, 1.807) is 0 Å². The maximum atomic E-state index is 5.67. The van der Waals surface area contributed by atoms with Gasteiger partial charge in [0.05, 0.1) is 0 Å². The van der Waals surface area contributed by atoms with Crippen molar-refractivity contribution >= 4 is 5.95 Å². The molecule has 0 saturated heterocycles. The van der Waals surface area contributed by atoms with Crippen LogP contribution in [-0.4, -0.2) is 21.6 Å². The standard InChI is InChI=1S/C11H20N4O/c1-5-8(16-6-2)10-13-9(7(3)4)14-11(12)15-10/h7-8H,5-6H2,1-4H3,(H2,12,13,14,15). The van der Waals surface area contributed by atoms with E-state index in [0.29, 0.717) is 12.4 Å². The first kappa shape index (κ1) is 12.8. The molecule has 0 aromatic carbocycles. The van der Waals surface area contributed by atoms with Crippen LogP contribution in [0.1, 0.15) is 57.8 Å². The minimum atomic E-state index is -0.0900. The molecule has 0 radical (unpaired) electrons. The van der Waals surface area contributed by atoms with Gasteiger partial charge in [-0.05, 0) is 13.3 Å². The number of nitrogen functional groups attached to an aromatic ring is 1. The Bertz CT molecular complexity index is 341. The lowest BCUT2D eigenvalue weighted by Crippen LogP contribution is -2.13. The normalized spacial score (nSPS) is 13.1. The fraction of sp³-hybridized carbons (Fsp3) is 0.727. The van der Waals surface area contributed by atoms with E-state index in [1.807, 2.05) is 27.7 Å². The Morgan fingerprint density at radius 2 is 1.75 bits per heavy atom. The third-order valence-electron chi connectivity index (χ3n) is 2.23. The summed E-state index contributed by atoms with van der Waals surface area (Å²) in [6.07, 6.45) is 0.738. The highest BCUT2D eigenvalue weighted by molar-refractivity contribution is 5.18. The summed E-state index contributed by atoms with van der Waals surface area (Å²) < 4.78 is 5.56. The number of nitrogens with zero attached hydrogens (tertiary/aromatic N) is 3. The molecule has 1 atom stereocenters. The Morgan fingerprint density at radius 1 is 1.12 bits per heavy atom. The highest BCUT2D eigenvalue weighted by atomic mass is 16.5. The number of ether oxygens (including phenoxy) is 1. The highest BCUT2D eigenvalue weighted by Gasteiger charge is 2.16. The van der Waals surface area contributed by atoms with Crippen LogP contribution >= 0.6 is 0 Å². The molecule has 5 heteroatoms. The van der Waals surface area contributed by atoms with Crippen molar-refractivity contribution in [1.82, 2.24) is 15.0 Å². The third-order valence-corrected chi connectivity index (χ3v) is 2.23. The average molecular weight is 224 g/mol. The number of anilines is 1. The van der Waals surface area contributed by atoms with E-state index in [2.05, 4.69) is 15.0 Å². The quantitative estimate of drug-likeness (QED) is 0.828. The fourth-order valence-corrected chi connectivity index (χ4v) is 1.41. The molecule has 1 aromatic heterocycles. The van der Waals surface area contributed by atoms with Crippen LogP contribution < -0.4 is 5.73 Å². The number of hydrogen-bond donors (Lipinski definition) is 1. The van der Waals surface area contributed by atoms with Gasteiger partial charge in [0.1, 0.15) is 11.9 Å². The molecule has 0 spiro atoms. The smallest absolute Gasteiger partial charge is 0.223 e. The van der Waals surface area contributed by atoms with Crippen molar-refractivity contribution in [3.05, 3.63) is 11.6 Å². The summed E-state index contributed by atoms with van der Waals surface area (Å²) >= 11 is 0. The Kier molecular flexibility index (Phi) is 4.61. The first-order valence-corrected chi connectivity index (χ1v) is 5.71. The molecule has 16 heavy (non-hydrogen) atoms. The minimum absolute atomic E-state index is 0.0900. The summed E-state index contributed by atoms with van der Waals surface area (Å²) in [7, 11) is 0. The zero-order chi connectivity index (χ0) is 12.1. The number of aromatic nitrogens is 3. The van der Waals surface area contributed by atoms with Crippen LogP contribution in [0.4, 0.5) is 5.95 Å². The van der Waals surface area contributed by atoms with Gasteiger partial charge in [-0.25, -0.2) is 4.98 Å². The van der Waals surface area contributed by atoms with Crippen LogP contribution in [0.3, 0.4) is 0 Å². The summed E-state index contributed by atoms with van der Waals surface area (Å²) in [5.74, 6) is 1.87. The molecule has 0 aliphatic carbocycles. The first-order chi connectivity index (χ1) is 7.58. The number of hydrogen-bond acceptors (Lipinski definition) is 5. The molecule has 1 unspecified atom stereocenters. The Balaban J connectivity index is 3.02. The van der Waals surface area contributed by atoms with E-state index in [1.165, 1.54) is 0 Å². The lowest BCUT2D eigenvalue weighted by molar-refractivity contribution is 0.0532. The SMILES string of the molecule is CCOC(CC)c1nc(N)nc(C(C)C)n1. The maximum absolute atomic E-state index is 5.67. The molecular formula is C11H20N4O. The molecule has 5 nitrogen and oxygen atoms in total. The summed E-state index contributed by atoms with van der Waals surface area (Å²) in [5, 5.41) is 0. The Hall–Kier alpha value is -1.23. The summed E-state index contributed by atoms with van der Waals surface area (Å²) in [5.41, 5.74) is 5.67. The van der Waals surface area contributed by atoms with Crippen molar-refractivity contribution in [2.75, 3.05) is 12.3 Å². The van der Waals surface area contributed by atoms with Crippen LogP contribution in [0, 0.1) is 0 Å². The predicted octanol–water partition coefficient (Wildman–Crippen LogP) is 2.06. The van der Waals surface area contributed by atoms with Crippen molar-refractivity contribution in [1.29, 1.82) is 0 Å². The lowest BCUT2D eigenvalue weighted by Gasteiger charge is -2.15. The first-order valence-electron chi connectivity index (χ1n) is 5.71. The second-order valence-electron chi connectivity index (χ2n) is 3.92. The second kappa shape index (κ2) is 5.75. The van der Waals surface area contributed by atoms with E-state index >= 15 is 0 Å². The van der Waals surface area contributed by atoms with Gasteiger partial charge in [0, 0.05) is 12.5 Å². The molecule has 0 saturated carbocycles. The van der Waals surface area contributed by atoms with Gasteiger partial charge in [-0.1, -0.05) is 20.8 Å². The molecule has 1 aromatic rings. The number of rotatable bonds is 5. The van der Waals surface area contributed by atoms with Gasteiger partial charge in [-0.2, -0.15) is 9.97 Å². The zero-order valence-electron chi connectivity index (χ0n) is 10.4. The summed E-state index contributed by atoms with van der Waals surface area (Å²) in [6, 6.07) is 0. The van der Waals surface area contributed by atoms with Crippen molar-refractivity contribution in [3.8, 4) is 0 Å². The average Bonchev–Trinajstić information content (AvgIpc) is 2.24. The lowest BCUT2D eigenvalue weighted by atomic mass is 10.2. The maximum Gasteiger partial charge on any atom is 0.223 e. The minimum Gasteiger partial charge on any atom is -0.371 e. The van der Waals surface area contributed by atoms with Crippen molar-refractivity contribution in [2.45, 2.75) is 46.1 Å². The molecule has 1 heterocycles. The van der Waals surface area contributed by atoms with Gasteiger partial charge in [0.15, 0.2) is 5.82 Å². The third kappa shape index (κ3) is 3.13. The topological polar surface area (TPSA) is 73.9 Å². The van der Waals surface area contributed by atoms with Gasteiger partial charge in [-0.15, -0.1) is 0 Å². The van der Waals surface area contributed by atoms with Gasteiger partial charge in [0.25, 0.3) is 0 Å². The van der Waals surface area contributed by atoms with Gasteiger partial charge < -0.3 is 10.5 Å². The molecule has 0 amide bonds. The van der Waals surface area contributed by atoms with Crippen LogP contribution in [0.2, 0.25) is 0 Å². The van der Waals surface area contributed by atoms with Crippen LogP contribution in [0.5, 0.6) is 0 Å². The molecule has 1 rings (SSSR count). The molecule has 90 valence electrons. The van der Waals surface area contributed by atoms with Crippen LogP contribution in [0.15, 0.2) is 0 Å². The van der Waals surface area contributed by atoms with Crippen LogP contribution in [0.25, 0.3) is 0 Å². The van der Waals surface area contributed by atoms with E-state index in [4.69, 9.17) is 10.5 Å². The van der Waals surface area contributed by atoms with Crippen molar-refractivity contribution < 1.29 is 4.74 Å². The fourth-order valence-electron chi connectivity index (χ4n) is 1.41. The largest absolute Gasteiger partial charge is 0.371 e. The van der Waals surface area contributed by atoms with E-state index < -0.39 is 0 Å². The van der Waals surface area contributed by atoms with Gasteiger partial charge in [-0.3, -0.25) is 0 Å². The Morgan fingerprint density at radius 3 is 2.25 bits per heavy atom. The Labute approximate surface area is 96.5 Å². The summed E-state index contributed by atoms with van der Waals surface area (Å²) in [6.45, 7) is 8.69. The van der Waals surface area contributed by atoms with Gasteiger partial charge >= 0.3 is 0 Å². The molecular weight excluding hydrogens is 204 g/mol. The number of nitrogens with two attached hydrogens (primary N) is 1. The summed E-state index contributed by atoms with van der Waals surface area (Å²) in [4.78, 5) is 12.6. The predicted molar refractivity (Wildman–Crippen MR) is 63.0 cm³/mol. The highest BCUT2D eigenvalue weighted by Crippen LogP contribution is 2.19. The molecule has 0 aliphatic rings. The molecule has 0 bridgehead atoms. The zero-order valence-corrected chi connectivity index (χ0v) is 10.4.